The van der Waals surface area contributed by atoms with Gasteiger partial charge in [-0.2, -0.15) is 13.2 Å². The number of benzene rings is 2. The molecule has 2 atom stereocenters. The standard InChI is InChI=1S/C36H45ClF3N7O6/c1-43-11-7-24(8-12-43)45-16-17-47(29(21-45)33(49)50)32(48)30(20-22-18-26(36(38,39)40)31(41)27(37)19-22)53-35(52)44-13-9-25(10-14-44)46-15-6-23-4-2-3-5-28(23)42-34(46)51/h2-5,18-19,24-25,29-30H,6-17,20-21,41H2,1H3,(H,42,51)(H,49,50)/t29-,30+/m0/s1. The Bertz CT molecular complexity index is 1700. The fraction of sp³-hybridized carbons (Fsp3) is 0.556. The zero-order valence-electron chi connectivity index (χ0n) is 29.5. The number of urea groups is 1. The lowest BCUT2D eigenvalue weighted by Gasteiger charge is -2.45. The summed E-state index contributed by atoms with van der Waals surface area (Å²) in [4.78, 5) is 62.1. The Morgan fingerprint density at radius 2 is 1.68 bits per heavy atom. The van der Waals surface area contributed by atoms with Crippen LogP contribution in [0.1, 0.15) is 42.4 Å². The van der Waals surface area contributed by atoms with Gasteiger partial charge in [-0.1, -0.05) is 29.8 Å². The molecule has 3 fully saturated rings. The van der Waals surface area contributed by atoms with Gasteiger partial charge in [-0.15, -0.1) is 0 Å². The van der Waals surface area contributed by atoms with Crippen molar-refractivity contribution in [1.82, 2.24) is 24.5 Å². The van der Waals surface area contributed by atoms with Crippen LogP contribution in [0.5, 0.6) is 0 Å². The maximum absolute atomic E-state index is 14.2. The van der Waals surface area contributed by atoms with Gasteiger partial charge in [-0.05, 0) is 81.6 Å². The number of carboxylic acid groups (broad SMARTS) is 1. The van der Waals surface area contributed by atoms with E-state index in [9.17, 15) is 37.5 Å². The summed E-state index contributed by atoms with van der Waals surface area (Å²) in [6.07, 6.45) is -4.66. The molecule has 0 aromatic heterocycles. The minimum Gasteiger partial charge on any atom is -0.480 e. The number of piperazine rings is 1. The molecule has 4 aliphatic heterocycles. The molecule has 3 saturated heterocycles. The van der Waals surface area contributed by atoms with Crippen LogP contribution in [0.3, 0.4) is 0 Å². The van der Waals surface area contributed by atoms with Gasteiger partial charge in [0.25, 0.3) is 5.91 Å². The van der Waals surface area contributed by atoms with E-state index in [4.69, 9.17) is 22.1 Å². The number of hydrogen-bond donors (Lipinski definition) is 3. The fourth-order valence-electron chi connectivity index (χ4n) is 7.87. The van der Waals surface area contributed by atoms with Gasteiger partial charge in [0.15, 0.2) is 6.10 Å². The second-order valence-corrected chi connectivity index (χ2v) is 14.7. The first-order chi connectivity index (χ1) is 25.2. The zero-order valence-corrected chi connectivity index (χ0v) is 30.2. The van der Waals surface area contributed by atoms with Crippen LogP contribution in [0, 0.1) is 0 Å². The number of piperidine rings is 2. The van der Waals surface area contributed by atoms with Gasteiger partial charge in [0, 0.05) is 63.5 Å². The highest BCUT2D eigenvalue weighted by atomic mass is 35.5. The van der Waals surface area contributed by atoms with Crippen molar-refractivity contribution in [3.8, 4) is 0 Å². The van der Waals surface area contributed by atoms with E-state index >= 15 is 0 Å². The number of halogens is 4. The minimum atomic E-state index is -4.85. The molecule has 0 radical (unpaired) electrons. The lowest BCUT2D eigenvalue weighted by atomic mass is 9.99. The Morgan fingerprint density at radius 1 is 1.00 bits per heavy atom. The Hall–Kier alpha value is -4.28. The van der Waals surface area contributed by atoms with Crippen LogP contribution in [0.4, 0.5) is 34.1 Å². The number of para-hydroxylation sites is 1. The number of carbonyl (C=O) groups is 4. The molecule has 13 nitrogen and oxygen atoms in total. The van der Waals surface area contributed by atoms with Crippen molar-refractivity contribution >= 4 is 47.0 Å². The van der Waals surface area contributed by atoms with Crippen LogP contribution in [0.2, 0.25) is 5.02 Å². The number of ether oxygens (including phenoxy) is 1. The molecule has 2 aromatic carbocycles. The number of nitrogen functional groups attached to an aromatic ring is 1. The quantitative estimate of drug-likeness (QED) is 0.352. The molecule has 17 heteroatoms. The Balaban J connectivity index is 1.17. The number of anilines is 2. The zero-order chi connectivity index (χ0) is 38.0. The van der Waals surface area contributed by atoms with Crippen molar-refractivity contribution in [3.05, 3.63) is 58.1 Å². The second-order valence-electron chi connectivity index (χ2n) is 14.3. The van der Waals surface area contributed by atoms with Gasteiger partial charge >= 0.3 is 24.3 Å². The lowest BCUT2D eigenvalue weighted by molar-refractivity contribution is -0.159. The van der Waals surface area contributed by atoms with Crippen molar-refractivity contribution in [2.75, 3.05) is 70.5 Å². The predicted molar refractivity (Wildman–Crippen MR) is 191 cm³/mol. The monoisotopic (exact) mass is 763 g/mol. The largest absolute Gasteiger partial charge is 0.480 e. The second kappa shape index (κ2) is 16.0. The van der Waals surface area contributed by atoms with Crippen LogP contribution in [0.15, 0.2) is 36.4 Å². The highest BCUT2D eigenvalue weighted by Gasteiger charge is 2.43. The summed E-state index contributed by atoms with van der Waals surface area (Å²) in [5.74, 6) is -2.07. The van der Waals surface area contributed by atoms with E-state index in [0.29, 0.717) is 32.4 Å². The number of carboxylic acids is 1. The molecule has 4 aliphatic rings. The lowest BCUT2D eigenvalue weighted by Crippen LogP contribution is -2.63. The number of alkyl halides is 3. The third-order valence-electron chi connectivity index (χ3n) is 10.9. The molecular formula is C36H45ClF3N7O6. The topological polar surface area (TPSA) is 152 Å². The molecule has 4 amide bonds. The molecule has 2 aromatic rings. The van der Waals surface area contributed by atoms with Gasteiger partial charge in [0.05, 0.1) is 16.3 Å². The van der Waals surface area contributed by atoms with E-state index in [0.717, 1.165) is 48.1 Å². The fourth-order valence-corrected chi connectivity index (χ4v) is 8.11. The number of likely N-dealkylation sites (tertiary alicyclic amines) is 2. The molecule has 0 spiro atoms. The molecule has 4 heterocycles. The average Bonchev–Trinajstić information content (AvgIpc) is 3.30. The third-order valence-corrected chi connectivity index (χ3v) is 11.2. The summed E-state index contributed by atoms with van der Waals surface area (Å²) >= 11 is 6.10. The average molecular weight is 764 g/mol. The first-order valence-corrected chi connectivity index (χ1v) is 18.3. The van der Waals surface area contributed by atoms with E-state index in [1.54, 1.807) is 4.90 Å². The normalized spacial score (nSPS) is 21.8. The van der Waals surface area contributed by atoms with Gasteiger partial charge in [0.2, 0.25) is 0 Å². The Labute approximate surface area is 310 Å². The number of carbonyl (C=O) groups excluding carboxylic acids is 3. The maximum atomic E-state index is 14.2. The van der Waals surface area contributed by atoms with E-state index in [2.05, 4.69) is 15.1 Å². The van der Waals surface area contributed by atoms with Gasteiger partial charge < -0.3 is 40.5 Å². The maximum Gasteiger partial charge on any atom is 0.418 e. The van der Waals surface area contributed by atoms with Crippen molar-refractivity contribution in [2.24, 2.45) is 0 Å². The van der Waals surface area contributed by atoms with Crippen LogP contribution in [0.25, 0.3) is 0 Å². The number of nitrogens with two attached hydrogens (primary N) is 1. The summed E-state index contributed by atoms with van der Waals surface area (Å²) in [5.41, 5.74) is 5.49. The molecule has 0 aliphatic carbocycles. The summed E-state index contributed by atoms with van der Waals surface area (Å²) < 4.78 is 47.4. The minimum absolute atomic E-state index is 0.0274. The number of aliphatic carboxylic acids is 1. The number of nitrogens with one attached hydrogen (secondary N) is 1. The molecule has 288 valence electrons. The number of nitrogens with zero attached hydrogens (tertiary/aromatic N) is 5. The van der Waals surface area contributed by atoms with Crippen molar-refractivity contribution < 1.29 is 42.2 Å². The van der Waals surface area contributed by atoms with Crippen molar-refractivity contribution in [2.45, 2.75) is 68.9 Å². The van der Waals surface area contributed by atoms with Gasteiger partial charge in [0.1, 0.15) is 6.04 Å². The van der Waals surface area contributed by atoms with Gasteiger partial charge in [-0.25, -0.2) is 14.4 Å². The number of hydrogen-bond acceptors (Lipinski definition) is 8. The summed E-state index contributed by atoms with van der Waals surface area (Å²) in [5, 5.41) is 12.8. The number of fused-ring (bicyclic) bond motifs is 1. The van der Waals surface area contributed by atoms with E-state index in [1.165, 1.54) is 11.0 Å². The van der Waals surface area contributed by atoms with E-state index < -0.39 is 54.0 Å². The molecule has 4 N–H and O–H groups in total. The molecular weight excluding hydrogens is 719 g/mol. The number of amides is 4. The van der Waals surface area contributed by atoms with Crippen LogP contribution in [-0.4, -0.2) is 137 Å². The summed E-state index contributed by atoms with van der Waals surface area (Å²) in [6.45, 7) is 3.08. The molecule has 0 unspecified atom stereocenters. The van der Waals surface area contributed by atoms with Crippen molar-refractivity contribution in [3.63, 3.8) is 0 Å². The summed E-state index contributed by atoms with van der Waals surface area (Å²) in [7, 11) is 2.02. The van der Waals surface area contributed by atoms with Gasteiger partial charge in [-0.3, -0.25) is 9.69 Å². The first kappa shape index (κ1) is 38.4. The van der Waals surface area contributed by atoms with Crippen molar-refractivity contribution in [1.29, 1.82) is 0 Å². The Kier molecular flexibility index (Phi) is 11.6. The molecule has 0 saturated carbocycles. The predicted octanol–water partition coefficient (Wildman–Crippen LogP) is 4.23. The highest BCUT2D eigenvalue weighted by Crippen LogP contribution is 2.38. The molecule has 6 rings (SSSR count). The van der Waals surface area contributed by atoms with Crippen LogP contribution >= 0.6 is 11.6 Å². The highest BCUT2D eigenvalue weighted by molar-refractivity contribution is 6.33. The first-order valence-electron chi connectivity index (χ1n) is 17.9. The van der Waals surface area contributed by atoms with Crippen LogP contribution < -0.4 is 11.1 Å². The van der Waals surface area contributed by atoms with E-state index in [-0.39, 0.29) is 54.9 Å². The Morgan fingerprint density at radius 3 is 2.36 bits per heavy atom. The summed E-state index contributed by atoms with van der Waals surface area (Å²) in [6, 6.07) is 8.02. The smallest absolute Gasteiger partial charge is 0.418 e. The SMILES string of the molecule is CN1CCC(N2CCN(C(=O)[C@@H](Cc3cc(Cl)c(N)c(C(F)(F)F)c3)OC(=O)N3CCC(N4CCc5ccccc5NC4=O)CC3)[C@H](C(=O)O)C2)CC1. The van der Waals surface area contributed by atoms with Crippen LogP contribution in [-0.2, 0) is 33.3 Å². The molecule has 0 bridgehead atoms. The third kappa shape index (κ3) is 8.76. The van der Waals surface area contributed by atoms with E-state index in [1.807, 2.05) is 31.3 Å². The molecule has 53 heavy (non-hydrogen) atoms. The number of rotatable bonds is 7.